The molecule has 1 aromatic rings. The molecule has 0 radical (unpaired) electrons. The van der Waals surface area contributed by atoms with E-state index in [4.69, 9.17) is 5.73 Å². The quantitative estimate of drug-likeness (QED) is 0.927. The van der Waals surface area contributed by atoms with Crippen LogP contribution in [0.4, 0.5) is 5.69 Å². The average molecular weight is 284 g/mol. The minimum absolute atomic E-state index is 0.595. The maximum atomic E-state index is 5.69. The maximum Gasteiger partial charge on any atom is 0.0592 e. The summed E-state index contributed by atoms with van der Waals surface area (Å²) in [5.74, 6) is 0. The molecule has 1 fully saturated rings. The Morgan fingerprint density at radius 3 is 3.12 bits per heavy atom. The van der Waals surface area contributed by atoms with Gasteiger partial charge in [0, 0.05) is 25.0 Å². The number of anilines is 1. The summed E-state index contributed by atoms with van der Waals surface area (Å²) in [7, 11) is 0. The van der Waals surface area contributed by atoms with Crippen molar-refractivity contribution in [1.29, 1.82) is 0 Å². The minimum Gasteiger partial charge on any atom is -0.367 e. The van der Waals surface area contributed by atoms with Gasteiger partial charge >= 0.3 is 0 Å². The summed E-state index contributed by atoms with van der Waals surface area (Å²) < 4.78 is 1.08. The molecule has 0 aliphatic carbocycles. The molecule has 0 saturated carbocycles. The zero-order valence-corrected chi connectivity index (χ0v) is 11.0. The molecule has 0 amide bonds. The zero-order chi connectivity index (χ0) is 11.4. The Kier molecular flexibility index (Phi) is 4.18. The van der Waals surface area contributed by atoms with Crippen molar-refractivity contribution in [2.75, 3.05) is 18.0 Å². The van der Waals surface area contributed by atoms with E-state index in [1.165, 1.54) is 24.9 Å². The molecule has 16 heavy (non-hydrogen) atoms. The van der Waals surface area contributed by atoms with Gasteiger partial charge in [-0.1, -0.05) is 0 Å². The molecule has 3 nitrogen and oxygen atoms in total. The topological polar surface area (TPSA) is 42.1 Å². The van der Waals surface area contributed by atoms with Gasteiger partial charge in [-0.2, -0.15) is 0 Å². The second kappa shape index (κ2) is 5.64. The van der Waals surface area contributed by atoms with Crippen molar-refractivity contribution in [3.05, 3.63) is 22.9 Å². The van der Waals surface area contributed by atoms with E-state index in [1.807, 2.05) is 12.4 Å². The average Bonchev–Trinajstić information content (AvgIpc) is 2.31. The summed E-state index contributed by atoms with van der Waals surface area (Å²) in [4.78, 5) is 6.59. The Morgan fingerprint density at radius 2 is 2.38 bits per heavy atom. The van der Waals surface area contributed by atoms with E-state index < -0.39 is 0 Å². The fraction of sp³-hybridized carbons (Fsp3) is 0.583. The number of aromatic nitrogens is 1. The summed E-state index contributed by atoms with van der Waals surface area (Å²) in [5.41, 5.74) is 6.94. The van der Waals surface area contributed by atoms with Gasteiger partial charge in [-0.25, -0.2) is 0 Å². The Morgan fingerprint density at radius 1 is 1.50 bits per heavy atom. The van der Waals surface area contributed by atoms with Crippen LogP contribution in [0.25, 0.3) is 0 Å². The van der Waals surface area contributed by atoms with Gasteiger partial charge in [0.1, 0.15) is 0 Å². The standard InChI is InChI=1S/C12H18BrN3/c13-11-9-15-7-5-12(11)16-8-2-1-3-10(16)4-6-14/h5,7,9-10H,1-4,6,8,14H2. The van der Waals surface area contributed by atoms with Crippen LogP contribution in [0.3, 0.4) is 0 Å². The van der Waals surface area contributed by atoms with E-state index >= 15 is 0 Å². The molecule has 88 valence electrons. The number of hydrogen-bond acceptors (Lipinski definition) is 3. The van der Waals surface area contributed by atoms with Gasteiger partial charge in [0.05, 0.1) is 10.2 Å². The molecule has 1 aliphatic rings. The van der Waals surface area contributed by atoms with Gasteiger partial charge in [0.15, 0.2) is 0 Å². The number of rotatable bonds is 3. The minimum atomic E-state index is 0.595. The zero-order valence-electron chi connectivity index (χ0n) is 9.40. The molecule has 2 heterocycles. The molecular formula is C12H18BrN3. The monoisotopic (exact) mass is 283 g/mol. The first-order valence-corrected chi connectivity index (χ1v) is 6.68. The van der Waals surface area contributed by atoms with Gasteiger partial charge in [0.2, 0.25) is 0 Å². The lowest BCUT2D eigenvalue weighted by Gasteiger charge is -2.38. The first kappa shape index (κ1) is 11.9. The van der Waals surface area contributed by atoms with Crippen LogP contribution in [0.1, 0.15) is 25.7 Å². The lowest BCUT2D eigenvalue weighted by molar-refractivity contribution is 0.441. The van der Waals surface area contributed by atoms with Gasteiger partial charge < -0.3 is 10.6 Å². The number of pyridine rings is 1. The summed E-state index contributed by atoms with van der Waals surface area (Å²) in [5, 5.41) is 0. The molecule has 1 unspecified atom stereocenters. The molecule has 2 rings (SSSR count). The van der Waals surface area contributed by atoms with Crippen LogP contribution in [0.5, 0.6) is 0 Å². The highest BCUT2D eigenvalue weighted by Gasteiger charge is 2.23. The highest BCUT2D eigenvalue weighted by Crippen LogP contribution is 2.31. The molecule has 4 heteroatoms. The van der Waals surface area contributed by atoms with Crippen LogP contribution in [-0.2, 0) is 0 Å². The maximum absolute atomic E-state index is 5.69. The summed E-state index contributed by atoms with van der Waals surface area (Å²) in [6.45, 7) is 1.90. The van der Waals surface area contributed by atoms with Crippen LogP contribution in [-0.4, -0.2) is 24.1 Å². The van der Waals surface area contributed by atoms with Crippen molar-refractivity contribution in [2.24, 2.45) is 5.73 Å². The molecular weight excluding hydrogens is 266 g/mol. The van der Waals surface area contributed by atoms with Crippen molar-refractivity contribution in [1.82, 2.24) is 4.98 Å². The second-order valence-corrected chi connectivity index (χ2v) is 5.10. The fourth-order valence-corrected chi connectivity index (χ4v) is 2.89. The molecule has 2 N–H and O–H groups in total. The predicted molar refractivity (Wildman–Crippen MR) is 70.6 cm³/mol. The van der Waals surface area contributed by atoms with Crippen LogP contribution in [0.15, 0.2) is 22.9 Å². The predicted octanol–water partition coefficient (Wildman–Crippen LogP) is 2.55. The van der Waals surface area contributed by atoms with Gasteiger partial charge in [-0.3, -0.25) is 4.98 Å². The largest absolute Gasteiger partial charge is 0.367 e. The Bertz CT molecular complexity index is 341. The normalized spacial score (nSPS) is 21.1. The first-order valence-electron chi connectivity index (χ1n) is 5.89. The van der Waals surface area contributed by atoms with Crippen molar-refractivity contribution in [3.8, 4) is 0 Å². The van der Waals surface area contributed by atoms with Crippen LogP contribution >= 0.6 is 15.9 Å². The number of piperidine rings is 1. The number of nitrogens with zero attached hydrogens (tertiary/aromatic N) is 2. The van der Waals surface area contributed by atoms with E-state index in [1.54, 1.807) is 0 Å². The fourth-order valence-electron chi connectivity index (χ4n) is 2.41. The van der Waals surface area contributed by atoms with E-state index in [0.717, 1.165) is 24.0 Å². The van der Waals surface area contributed by atoms with Crippen LogP contribution < -0.4 is 10.6 Å². The molecule has 0 spiro atoms. The van der Waals surface area contributed by atoms with E-state index in [2.05, 4.69) is 31.9 Å². The molecule has 0 bridgehead atoms. The molecule has 1 saturated heterocycles. The van der Waals surface area contributed by atoms with Gasteiger partial charge in [-0.15, -0.1) is 0 Å². The smallest absolute Gasteiger partial charge is 0.0592 e. The Balaban J connectivity index is 2.19. The Labute approximate surface area is 105 Å². The van der Waals surface area contributed by atoms with E-state index in [9.17, 15) is 0 Å². The third kappa shape index (κ3) is 2.55. The summed E-state index contributed by atoms with van der Waals surface area (Å²) >= 11 is 3.57. The molecule has 1 atom stereocenters. The summed E-state index contributed by atoms with van der Waals surface area (Å²) in [6.07, 6.45) is 8.65. The molecule has 1 aliphatic heterocycles. The lowest BCUT2D eigenvalue weighted by Crippen LogP contribution is -2.41. The van der Waals surface area contributed by atoms with Gasteiger partial charge in [-0.05, 0) is 54.2 Å². The lowest BCUT2D eigenvalue weighted by atomic mass is 9.99. The number of nitrogens with two attached hydrogens (primary N) is 1. The van der Waals surface area contributed by atoms with Crippen molar-refractivity contribution in [2.45, 2.75) is 31.7 Å². The highest BCUT2D eigenvalue weighted by atomic mass is 79.9. The van der Waals surface area contributed by atoms with E-state index in [0.29, 0.717) is 6.04 Å². The SMILES string of the molecule is NCCC1CCCCN1c1ccncc1Br. The van der Waals surface area contributed by atoms with E-state index in [-0.39, 0.29) is 0 Å². The summed E-state index contributed by atoms with van der Waals surface area (Å²) in [6, 6.07) is 2.68. The third-order valence-corrected chi connectivity index (χ3v) is 3.80. The van der Waals surface area contributed by atoms with Crippen molar-refractivity contribution in [3.63, 3.8) is 0 Å². The van der Waals surface area contributed by atoms with Crippen molar-refractivity contribution >= 4 is 21.6 Å². The third-order valence-electron chi connectivity index (χ3n) is 3.19. The second-order valence-electron chi connectivity index (χ2n) is 4.25. The van der Waals surface area contributed by atoms with Gasteiger partial charge in [0.25, 0.3) is 0 Å². The van der Waals surface area contributed by atoms with Crippen molar-refractivity contribution < 1.29 is 0 Å². The highest BCUT2D eigenvalue weighted by molar-refractivity contribution is 9.10. The van der Waals surface area contributed by atoms with Crippen LogP contribution in [0, 0.1) is 0 Å². The number of hydrogen-bond donors (Lipinski definition) is 1. The number of halogens is 1. The molecule has 0 aromatic carbocycles. The first-order chi connectivity index (χ1) is 7.83. The van der Waals surface area contributed by atoms with Crippen LogP contribution in [0.2, 0.25) is 0 Å². The Hall–Kier alpha value is -0.610. The molecule has 1 aromatic heterocycles.